The van der Waals surface area contributed by atoms with Gasteiger partial charge in [0.2, 0.25) is 0 Å². The van der Waals surface area contributed by atoms with Crippen LogP contribution in [0.2, 0.25) is 0 Å². The topological polar surface area (TPSA) is 127 Å². The van der Waals surface area contributed by atoms with E-state index in [0.717, 1.165) is 12.0 Å². The highest BCUT2D eigenvalue weighted by Crippen LogP contribution is 2.18. The van der Waals surface area contributed by atoms with Crippen LogP contribution in [0.5, 0.6) is 0 Å². The molecule has 1 aromatic rings. The second-order valence-corrected chi connectivity index (χ2v) is 5.63. The van der Waals surface area contributed by atoms with Gasteiger partial charge in [-0.2, -0.15) is 0 Å². The van der Waals surface area contributed by atoms with Crippen LogP contribution in [0.4, 0.5) is 0 Å². The first-order valence-electron chi connectivity index (χ1n) is 7.33. The molecule has 6 heteroatoms. The predicted molar refractivity (Wildman–Crippen MR) is 83.2 cm³/mol. The van der Waals surface area contributed by atoms with Crippen LogP contribution in [0.25, 0.3) is 0 Å². The standard InChI is InChI=1S/C16H24N2O4/c17-11-16(22,10-14(18)15(20)21)9-13(19)8-4-7-12-5-2-1-3-6-12/h1-3,5-6,14,22H,4,7-11,17-18H2,(H,20,21)/t14-,16+/m0/s1. The summed E-state index contributed by atoms with van der Waals surface area (Å²) in [5.74, 6) is -1.36. The fraction of sp³-hybridized carbons (Fsp3) is 0.500. The second-order valence-electron chi connectivity index (χ2n) is 5.63. The highest BCUT2D eigenvalue weighted by Gasteiger charge is 2.32. The van der Waals surface area contributed by atoms with Crippen LogP contribution >= 0.6 is 0 Å². The van der Waals surface area contributed by atoms with Crippen molar-refractivity contribution in [3.05, 3.63) is 35.9 Å². The minimum absolute atomic E-state index is 0.138. The van der Waals surface area contributed by atoms with Gasteiger partial charge in [0.15, 0.2) is 0 Å². The summed E-state index contributed by atoms with van der Waals surface area (Å²) in [5.41, 5.74) is 10.5. The molecular formula is C16H24N2O4. The van der Waals surface area contributed by atoms with Crippen molar-refractivity contribution in [2.75, 3.05) is 6.54 Å². The molecule has 6 nitrogen and oxygen atoms in total. The minimum atomic E-state index is -1.55. The highest BCUT2D eigenvalue weighted by molar-refractivity contribution is 5.80. The van der Waals surface area contributed by atoms with E-state index in [4.69, 9.17) is 16.6 Å². The van der Waals surface area contributed by atoms with Gasteiger partial charge in [-0.05, 0) is 18.4 Å². The number of carboxylic acids is 1. The Labute approximate surface area is 130 Å². The first-order chi connectivity index (χ1) is 10.4. The van der Waals surface area contributed by atoms with Gasteiger partial charge < -0.3 is 21.7 Å². The molecule has 1 rings (SSSR count). The molecule has 6 N–H and O–H groups in total. The molecule has 0 saturated heterocycles. The largest absolute Gasteiger partial charge is 0.480 e. The van der Waals surface area contributed by atoms with Gasteiger partial charge in [0.25, 0.3) is 0 Å². The molecule has 122 valence electrons. The zero-order chi connectivity index (χ0) is 16.6. The van der Waals surface area contributed by atoms with Crippen molar-refractivity contribution in [2.45, 2.75) is 43.7 Å². The molecule has 1 aromatic carbocycles. The lowest BCUT2D eigenvalue weighted by atomic mass is 9.88. The summed E-state index contributed by atoms with van der Waals surface area (Å²) in [5, 5.41) is 19.0. The van der Waals surface area contributed by atoms with Crippen molar-refractivity contribution in [1.82, 2.24) is 0 Å². The number of ketones is 1. The number of nitrogens with two attached hydrogens (primary N) is 2. The number of carbonyl (C=O) groups excluding carboxylic acids is 1. The lowest BCUT2D eigenvalue weighted by Gasteiger charge is -2.27. The number of hydrogen-bond acceptors (Lipinski definition) is 5. The van der Waals surface area contributed by atoms with Crippen molar-refractivity contribution in [3.8, 4) is 0 Å². The maximum absolute atomic E-state index is 12.0. The fourth-order valence-corrected chi connectivity index (χ4v) is 2.31. The summed E-state index contributed by atoms with van der Waals surface area (Å²) in [6.45, 7) is -0.196. The third-order valence-corrected chi connectivity index (χ3v) is 3.59. The van der Waals surface area contributed by atoms with E-state index in [-0.39, 0.29) is 25.2 Å². The number of carboxylic acid groups (broad SMARTS) is 1. The third-order valence-electron chi connectivity index (χ3n) is 3.59. The Bertz CT molecular complexity index is 492. The molecule has 0 amide bonds. The predicted octanol–water partition coefficient (Wildman–Crippen LogP) is 0.460. The Hall–Kier alpha value is -1.76. The lowest BCUT2D eigenvalue weighted by molar-refractivity contribution is -0.141. The van der Waals surface area contributed by atoms with E-state index in [2.05, 4.69) is 0 Å². The van der Waals surface area contributed by atoms with E-state index in [1.807, 2.05) is 30.3 Å². The number of benzene rings is 1. The Morgan fingerprint density at radius 2 is 1.86 bits per heavy atom. The first-order valence-corrected chi connectivity index (χ1v) is 7.33. The number of aliphatic hydroxyl groups is 1. The number of hydrogen-bond donors (Lipinski definition) is 4. The molecule has 0 bridgehead atoms. The molecule has 0 saturated carbocycles. The Morgan fingerprint density at radius 3 is 2.41 bits per heavy atom. The molecule has 0 radical (unpaired) electrons. The Kier molecular flexibility index (Phi) is 7.17. The third kappa shape index (κ3) is 6.34. The molecule has 2 atom stereocenters. The van der Waals surface area contributed by atoms with Gasteiger partial charge in [-0.3, -0.25) is 9.59 Å². The molecule has 0 aliphatic carbocycles. The van der Waals surface area contributed by atoms with Crippen LogP contribution < -0.4 is 11.5 Å². The van der Waals surface area contributed by atoms with Gasteiger partial charge in [0.05, 0.1) is 5.60 Å². The van der Waals surface area contributed by atoms with Crippen LogP contribution in [-0.4, -0.2) is 40.2 Å². The van der Waals surface area contributed by atoms with Crippen molar-refractivity contribution >= 4 is 11.8 Å². The second kappa shape index (κ2) is 8.63. The van der Waals surface area contributed by atoms with E-state index < -0.39 is 17.6 Å². The normalized spacial score (nSPS) is 15.0. The lowest BCUT2D eigenvalue weighted by Crippen LogP contribution is -2.47. The summed E-state index contributed by atoms with van der Waals surface area (Å²) in [6, 6.07) is 8.57. The van der Waals surface area contributed by atoms with E-state index in [0.29, 0.717) is 12.8 Å². The van der Waals surface area contributed by atoms with Crippen molar-refractivity contribution in [3.63, 3.8) is 0 Å². The van der Waals surface area contributed by atoms with Gasteiger partial charge in [-0.15, -0.1) is 0 Å². The van der Waals surface area contributed by atoms with Crippen molar-refractivity contribution in [1.29, 1.82) is 0 Å². The zero-order valence-electron chi connectivity index (χ0n) is 12.6. The quantitative estimate of drug-likeness (QED) is 0.497. The molecule has 0 spiro atoms. The summed E-state index contributed by atoms with van der Waals surface area (Å²) in [7, 11) is 0. The summed E-state index contributed by atoms with van der Waals surface area (Å²) in [4.78, 5) is 22.7. The number of carbonyl (C=O) groups is 2. The summed E-state index contributed by atoms with van der Waals surface area (Å²) >= 11 is 0. The maximum atomic E-state index is 12.0. The molecular weight excluding hydrogens is 284 g/mol. The van der Waals surface area contributed by atoms with Crippen LogP contribution in [0.15, 0.2) is 30.3 Å². The summed E-state index contributed by atoms with van der Waals surface area (Å²) in [6.07, 6.45) is 1.37. The molecule has 22 heavy (non-hydrogen) atoms. The SMILES string of the molecule is NC[C@@](O)(CC(=O)CCCc1ccccc1)C[C@H](N)C(=O)O. The maximum Gasteiger partial charge on any atom is 0.320 e. The fourth-order valence-electron chi connectivity index (χ4n) is 2.31. The van der Waals surface area contributed by atoms with Gasteiger partial charge in [0, 0.05) is 25.8 Å². The number of aryl methyl sites for hydroxylation is 1. The average Bonchev–Trinajstić information content (AvgIpc) is 2.48. The van der Waals surface area contributed by atoms with Crippen LogP contribution in [0, 0.1) is 0 Å². The van der Waals surface area contributed by atoms with Gasteiger partial charge in [-0.25, -0.2) is 0 Å². The molecule has 0 heterocycles. The van der Waals surface area contributed by atoms with E-state index in [1.165, 1.54) is 0 Å². The Morgan fingerprint density at radius 1 is 1.23 bits per heavy atom. The summed E-state index contributed by atoms with van der Waals surface area (Å²) < 4.78 is 0. The van der Waals surface area contributed by atoms with Crippen LogP contribution in [0.3, 0.4) is 0 Å². The molecule has 0 aliphatic heterocycles. The average molecular weight is 308 g/mol. The van der Waals surface area contributed by atoms with Gasteiger partial charge >= 0.3 is 5.97 Å². The van der Waals surface area contributed by atoms with E-state index in [1.54, 1.807) is 0 Å². The van der Waals surface area contributed by atoms with Gasteiger partial charge in [-0.1, -0.05) is 30.3 Å². The van der Waals surface area contributed by atoms with E-state index in [9.17, 15) is 14.7 Å². The van der Waals surface area contributed by atoms with Gasteiger partial charge in [0.1, 0.15) is 11.8 Å². The first kappa shape index (κ1) is 18.3. The minimum Gasteiger partial charge on any atom is -0.480 e. The number of rotatable bonds is 10. The van der Waals surface area contributed by atoms with Crippen LogP contribution in [0.1, 0.15) is 31.2 Å². The molecule has 0 aliphatic rings. The van der Waals surface area contributed by atoms with Crippen molar-refractivity contribution in [2.24, 2.45) is 11.5 Å². The number of aliphatic carboxylic acids is 1. The molecule has 0 aromatic heterocycles. The highest BCUT2D eigenvalue weighted by atomic mass is 16.4. The Balaban J connectivity index is 2.42. The smallest absolute Gasteiger partial charge is 0.320 e. The molecule has 0 fully saturated rings. The van der Waals surface area contributed by atoms with Crippen molar-refractivity contribution < 1.29 is 19.8 Å². The van der Waals surface area contributed by atoms with E-state index >= 15 is 0 Å². The molecule has 0 unspecified atom stereocenters. The number of Topliss-reactive ketones (excluding diaryl/α,β-unsaturated/α-hetero) is 1. The monoisotopic (exact) mass is 308 g/mol. The van der Waals surface area contributed by atoms with Crippen LogP contribution in [-0.2, 0) is 16.0 Å². The zero-order valence-corrected chi connectivity index (χ0v) is 12.6.